The van der Waals surface area contributed by atoms with Crippen molar-refractivity contribution in [2.24, 2.45) is 17.8 Å². The smallest absolute Gasteiger partial charge is 0.462 e. The summed E-state index contributed by atoms with van der Waals surface area (Å²) in [4.78, 5) is 72.7. The molecule has 2 unspecified atom stereocenters. The lowest BCUT2D eigenvalue weighted by Crippen LogP contribution is -2.30. The van der Waals surface area contributed by atoms with E-state index in [0.29, 0.717) is 31.6 Å². The Morgan fingerprint density at radius 2 is 0.484 bits per heavy atom. The van der Waals surface area contributed by atoms with Crippen LogP contribution in [-0.4, -0.2) is 96.7 Å². The van der Waals surface area contributed by atoms with Crippen LogP contribution in [0.5, 0.6) is 0 Å². The first-order valence-corrected chi connectivity index (χ1v) is 42.3. The second-order valence-corrected chi connectivity index (χ2v) is 31.7. The minimum Gasteiger partial charge on any atom is -0.462 e. The van der Waals surface area contributed by atoms with Crippen molar-refractivity contribution in [3.05, 3.63) is 0 Å². The van der Waals surface area contributed by atoms with Crippen LogP contribution in [0.25, 0.3) is 0 Å². The molecule has 0 heterocycles. The van der Waals surface area contributed by atoms with E-state index in [-0.39, 0.29) is 25.7 Å². The van der Waals surface area contributed by atoms with E-state index in [9.17, 15) is 43.2 Å². The number of unbranched alkanes of at least 4 members (excludes halogenated alkanes) is 42. The molecule has 17 nitrogen and oxygen atoms in total. The highest BCUT2D eigenvalue weighted by Crippen LogP contribution is 2.45. The summed E-state index contributed by atoms with van der Waals surface area (Å²) in [5.41, 5.74) is 0. The Bertz CT molecular complexity index is 1850. The Morgan fingerprint density at radius 3 is 0.716 bits per heavy atom. The zero-order chi connectivity index (χ0) is 70.1. The van der Waals surface area contributed by atoms with Gasteiger partial charge in [-0.2, -0.15) is 0 Å². The number of phosphoric acid groups is 2. The largest absolute Gasteiger partial charge is 0.472 e. The zero-order valence-electron chi connectivity index (χ0n) is 62.1. The van der Waals surface area contributed by atoms with Crippen LogP contribution in [0.2, 0.25) is 0 Å². The van der Waals surface area contributed by atoms with Gasteiger partial charge in [-0.05, 0) is 43.4 Å². The summed E-state index contributed by atoms with van der Waals surface area (Å²) in [6.07, 6.45) is 53.2. The summed E-state index contributed by atoms with van der Waals surface area (Å²) in [5.74, 6) is 0.0358. The first kappa shape index (κ1) is 93.1. The van der Waals surface area contributed by atoms with E-state index in [4.69, 9.17) is 37.0 Å². The Kier molecular flexibility index (Phi) is 65.2. The molecule has 95 heavy (non-hydrogen) atoms. The SMILES string of the molecule is CCCCCCCCCCCCCCCCCCCCCCCCC(=O)O[C@H](COC(=O)CCCCCCCCCCCC(C)C)COP(=O)(O)OC[C@@H](O)COP(=O)(O)OC[C@@H](COC(=O)CCCCCCCCC(C)C)OC(=O)CCCCCCCCCCCC(C)C. The maximum atomic E-state index is 13.1. The van der Waals surface area contributed by atoms with Crippen LogP contribution >= 0.6 is 15.6 Å². The van der Waals surface area contributed by atoms with Crippen LogP contribution in [0.15, 0.2) is 0 Å². The van der Waals surface area contributed by atoms with Crippen molar-refractivity contribution in [1.82, 2.24) is 0 Å². The number of aliphatic hydroxyl groups is 1. The highest BCUT2D eigenvalue weighted by Gasteiger charge is 2.30. The van der Waals surface area contributed by atoms with E-state index < -0.39 is 97.5 Å². The van der Waals surface area contributed by atoms with Crippen molar-refractivity contribution in [3.8, 4) is 0 Å². The van der Waals surface area contributed by atoms with Gasteiger partial charge in [0, 0.05) is 25.7 Å². The molecule has 0 aliphatic carbocycles. The van der Waals surface area contributed by atoms with Crippen molar-refractivity contribution >= 4 is 39.5 Å². The van der Waals surface area contributed by atoms with Crippen molar-refractivity contribution < 1.29 is 80.2 Å². The third kappa shape index (κ3) is 70.3. The lowest BCUT2D eigenvalue weighted by Gasteiger charge is -2.21. The summed E-state index contributed by atoms with van der Waals surface area (Å²) in [5, 5.41) is 10.6. The third-order valence-corrected chi connectivity index (χ3v) is 19.5. The number of rotatable bonds is 74. The molecule has 3 N–H and O–H groups in total. The molecule has 0 aliphatic heterocycles. The second kappa shape index (κ2) is 66.6. The van der Waals surface area contributed by atoms with Crippen LogP contribution in [0.3, 0.4) is 0 Å². The topological polar surface area (TPSA) is 237 Å². The van der Waals surface area contributed by atoms with Gasteiger partial charge >= 0.3 is 39.5 Å². The van der Waals surface area contributed by atoms with Crippen molar-refractivity contribution in [1.29, 1.82) is 0 Å². The molecule has 0 aliphatic rings. The van der Waals surface area contributed by atoms with Crippen molar-refractivity contribution in [3.63, 3.8) is 0 Å². The second-order valence-electron chi connectivity index (χ2n) is 28.8. The molecule has 0 saturated carbocycles. The van der Waals surface area contributed by atoms with Crippen LogP contribution in [0.1, 0.15) is 389 Å². The van der Waals surface area contributed by atoms with Crippen LogP contribution in [-0.2, 0) is 65.4 Å². The Hall–Kier alpha value is -1.94. The number of aliphatic hydroxyl groups excluding tert-OH is 1. The van der Waals surface area contributed by atoms with Gasteiger partial charge in [0.25, 0.3) is 0 Å². The first-order valence-electron chi connectivity index (χ1n) is 39.3. The minimum absolute atomic E-state index is 0.104. The highest BCUT2D eigenvalue weighted by atomic mass is 31.2. The molecule has 19 heteroatoms. The number of hydrogen-bond acceptors (Lipinski definition) is 15. The summed E-state index contributed by atoms with van der Waals surface area (Å²) >= 11 is 0. The quantitative estimate of drug-likeness (QED) is 0.0222. The number of phosphoric ester groups is 2. The summed E-state index contributed by atoms with van der Waals surface area (Å²) in [7, 11) is -9.91. The molecule has 0 aromatic rings. The number of ether oxygens (including phenoxy) is 4. The fraction of sp³-hybridized carbons (Fsp3) is 0.947. The van der Waals surface area contributed by atoms with Crippen LogP contribution in [0.4, 0.5) is 0 Å². The Morgan fingerprint density at radius 1 is 0.284 bits per heavy atom. The Labute approximate surface area is 581 Å². The van der Waals surface area contributed by atoms with Gasteiger partial charge < -0.3 is 33.8 Å². The zero-order valence-corrected chi connectivity index (χ0v) is 63.9. The van der Waals surface area contributed by atoms with Crippen molar-refractivity contribution in [2.45, 2.75) is 407 Å². The van der Waals surface area contributed by atoms with Gasteiger partial charge in [0.15, 0.2) is 12.2 Å². The average molecular weight is 1400 g/mol. The summed E-state index contributed by atoms with van der Waals surface area (Å²) in [6, 6.07) is 0. The molecular weight excluding hydrogens is 1250 g/mol. The summed E-state index contributed by atoms with van der Waals surface area (Å²) < 4.78 is 68.4. The molecule has 0 aromatic heterocycles. The van der Waals surface area contributed by atoms with E-state index >= 15 is 0 Å². The monoisotopic (exact) mass is 1400 g/mol. The summed E-state index contributed by atoms with van der Waals surface area (Å²) in [6.45, 7) is 11.8. The lowest BCUT2D eigenvalue weighted by atomic mass is 10.0. The predicted molar refractivity (Wildman–Crippen MR) is 386 cm³/mol. The maximum Gasteiger partial charge on any atom is 0.472 e. The molecule has 0 radical (unpaired) electrons. The predicted octanol–water partition coefficient (Wildman–Crippen LogP) is 22.2. The molecular formula is C76H148O17P2. The molecule has 0 amide bonds. The molecule has 564 valence electrons. The minimum atomic E-state index is -4.96. The number of carbonyl (C=O) groups excluding carboxylic acids is 4. The van der Waals surface area contributed by atoms with Crippen LogP contribution in [0, 0.1) is 17.8 Å². The fourth-order valence-corrected chi connectivity index (χ4v) is 13.2. The molecule has 0 saturated heterocycles. The van der Waals surface area contributed by atoms with E-state index in [0.717, 1.165) is 108 Å². The van der Waals surface area contributed by atoms with Crippen LogP contribution < -0.4 is 0 Å². The maximum absolute atomic E-state index is 13.1. The third-order valence-electron chi connectivity index (χ3n) is 17.6. The molecule has 0 fully saturated rings. The normalized spacial score (nSPS) is 14.1. The van der Waals surface area contributed by atoms with E-state index in [2.05, 4.69) is 48.5 Å². The average Bonchev–Trinajstić information content (AvgIpc) is 1.46. The van der Waals surface area contributed by atoms with Gasteiger partial charge in [0.05, 0.1) is 26.4 Å². The fourth-order valence-electron chi connectivity index (χ4n) is 11.6. The molecule has 0 aromatic carbocycles. The molecule has 0 rings (SSSR count). The molecule has 0 bridgehead atoms. The van der Waals surface area contributed by atoms with E-state index in [1.54, 1.807) is 0 Å². The molecule has 5 atom stereocenters. The van der Waals surface area contributed by atoms with Gasteiger partial charge in [-0.25, -0.2) is 9.13 Å². The van der Waals surface area contributed by atoms with Gasteiger partial charge in [-0.15, -0.1) is 0 Å². The van der Waals surface area contributed by atoms with Gasteiger partial charge in [0.2, 0.25) is 0 Å². The standard InChI is InChI=1S/C76H148O17P2/c1-8-9-10-11-12-13-14-15-16-17-18-19-20-21-22-23-24-25-30-36-45-52-59-75(80)92-71(63-86-73(78)57-50-43-35-31-26-28-33-40-47-54-67(2)3)65-90-94(82,83)88-61-70(77)62-89-95(84,85)91-66-72(64-87-74(79)58-51-44-39-38-42-49-56-69(6)7)93-76(81)60-53-46-37-32-27-29-34-41-48-55-68(4)5/h67-72,77H,8-66H2,1-7H3,(H,82,83)(H,84,85)/t70-,71-,72-/m1/s1. The van der Waals surface area contributed by atoms with Crippen molar-refractivity contribution in [2.75, 3.05) is 39.6 Å². The number of carbonyl (C=O) groups is 4. The number of esters is 4. The van der Waals surface area contributed by atoms with Gasteiger partial charge in [-0.1, -0.05) is 337 Å². The lowest BCUT2D eigenvalue weighted by molar-refractivity contribution is -0.161. The highest BCUT2D eigenvalue weighted by molar-refractivity contribution is 7.47. The molecule has 0 spiro atoms. The van der Waals surface area contributed by atoms with Gasteiger partial charge in [-0.3, -0.25) is 37.3 Å². The van der Waals surface area contributed by atoms with E-state index in [1.807, 2.05) is 0 Å². The first-order chi connectivity index (χ1) is 45.7. The Balaban J connectivity index is 5.17. The number of hydrogen-bond donors (Lipinski definition) is 3. The van der Waals surface area contributed by atoms with Gasteiger partial charge in [0.1, 0.15) is 19.3 Å². The van der Waals surface area contributed by atoms with E-state index in [1.165, 1.54) is 193 Å².